The first-order chi connectivity index (χ1) is 15.2. The number of aliphatic hydroxyl groups excluding tert-OH is 1. The largest absolute Gasteiger partial charge is 0.497 e. The minimum atomic E-state index is 0.0170. The van der Waals surface area contributed by atoms with E-state index in [9.17, 15) is 9.90 Å². The number of hydrogen-bond donors (Lipinski definition) is 1. The Morgan fingerprint density at radius 1 is 1.00 bits per heavy atom. The molecule has 1 N–H and O–H groups in total. The van der Waals surface area contributed by atoms with E-state index in [4.69, 9.17) is 4.74 Å². The van der Waals surface area contributed by atoms with E-state index >= 15 is 0 Å². The summed E-state index contributed by atoms with van der Waals surface area (Å²) >= 11 is 0. The monoisotopic (exact) mass is 414 g/mol. The van der Waals surface area contributed by atoms with Gasteiger partial charge in [0.15, 0.2) is 0 Å². The number of fused-ring (bicyclic) bond motifs is 3. The molecule has 2 heterocycles. The molecule has 3 atom stereocenters. The number of ether oxygens (including phenoxy) is 1. The summed E-state index contributed by atoms with van der Waals surface area (Å²) in [6.07, 6.45) is 0. The number of hydrogen-bond acceptors (Lipinski definition) is 4. The molecule has 158 valence electrons. The Balaban J connectivity index is 1.46. The van der Waals surface area contributed by atoms with Crippen molar-refractivity contribution in [1.29, 1.82) is 0 Å². The number of para-hydroxylation sites is 1. The number of amides is 1. The Morgan fingerprint density at radius 2 is 1.71 bits per heavy atom. The third-order valence-electron chi connectivity index (χ3n) is 6.61. The summed E-state index contributed by atoms with van der Waals surface area (Å²) in [5.41, 5.74) is 3.96. The zero-order chi connectivity index (χ0) is 21.4. The molecule has 0 spiro atoms. The number of methoxy groups -OCH3 is 1. The minimum Gasteiger partial charge on any atom is -0.497 e. The second kappa shape index (κ2) is 8.17. The first kappa shape index (κ1) is 19.8. The van der Waals surface area contributed by atoms with E-state index in [1.165, 1.54) is 0 Å². The fourth-order valence-electron chi connectivity index (χ4n) is 5.07. The fourth-order valence-corrected chi connectivity index (χ4v) is 5.07. The maximum atomic E-state index is 13.4. The smallest absolute Gasteiger partial charge is 0.258 e. The predicted molar refractivity (Wildman–Crippen MR) is 121 cm³/mol. The minimum absolute atomic E-state index is 0.0170. The van der Waals surface area contributed by atoms with E-state index in [0.717, 1.165) is 29.1 Å². The molecule has 3 aromatic carbocycles. The number of aliphatic hydroxyl groups is 1. The summed E-state index contributed by atoms with van der Waals surface area (Å²) in [6, 6.07) is 25.8. The number of carbonyl (C=O) groups is 1. The van der Waals surface area contributed by atoms with Gasteiger partial charge in [-0.2, -0.15) is 0 Å². The van der Waals surface area contributed by atoms with Crippen molar-refractivity contribution >= 4 is 11.6 Å². The molecular weight excluding hydrogens is 388 g/mol. The summed E-state index contributed by atoms with van der Waals surface area (Å²) in [5.74, 6) is 1.07. The van der Waals surface area contributed by atoms with Crippen LogP contribution in [0.1, 0.15) is 27.4 Å². The van der Waals surface area contributed by atoms with Crippen LogP contribution in [0.25, 0.3) is 0 Å². The third kappa shape index (κ3) is 3.40. The molecule has 3 aromatic rings. The van der Waals surface area contributed by atoms with E-state index in [-0.39, 0.29) is 30.5 Å². The Labute approximate surface area is 182 Å². The van der Waals surface area contributed by atoms with E-state index in [0.29, 0.717) is 12.1 Å². The van der Waals surface area contributed by atoms with Gasteiger partial charge in [-0.3, -0.25) is 9.69 Å². The van der Waals surface area contributed by atoms with Gasteiger partial charge >= 0.3 is 0 Å². The molecule has 5 heteroatoms. The lowest BCUT2D eigenvalue weighted by molar-refractivity contribution is -0.0488. The van der Waals surface area contributed by atoms with Gasteiger partial charge in [0, 0.05) is 42.3 Å². The lowest BCUT2D eigenvalue weighted by Crippen LogP contribution is -2.68. The molecule has 0 unspecified atom stereocenters. The summed E-state index contributed by atoms with van der Waals surface area (Å²) in [7, 11) is 1.66. The molecule has 0 saturated carbocycles. The van der Waals surface area contributed by atoms with Crippen molar-refractivity contribution in [2.24, 2.45) is 0 Å². The van der Waals surface area contributed by atoms with Crippen LogP contribution in [0.3, 0.4) is 0 Å². The highest BCUT2D eigenvalue weighted by Gasteiger charge is 2.53. The number of nitrogens with zero attached hydrogens (tertiary/aromatic N) is 2. The molecule has 5 nitrogen and oxygen atoms in total. The summed E-state index contributed by atoms with van der Waals surface area (Å²) < 4.78 is 5.27. The van der Waals surface area contributed by atoms with E-state index in [1.54, 1.807) is 7.11 Å². The van der Waals surface area contributed by atoms with Gasteiger partial charge in [-0.25, -0.2) is 0 Å². The van der Waals surface area contributed by atoms with E-state index in [1.807, 2.05) is 65.6 Å². The Morgan fingerprint density at radius 3 is 2.42 bits per heavy atom. The predicted octanol–water partition coefficient (Wildman–Crippen LogP) is 3.68. The Hall–Kier alpha value is -3.15. The van der Waals surface area contributed by atoms with Crippen molar-refractivity contribution in [2.75, 3.05) is 25.2 Å². The van der Waals surface area contributed by atoms with Gasteiger partial charge in [0.05, 0.1) is 13.7 Å². The van der Waals surface area contributed by atoms with Crippen molar-refractivity contribution in [3.8, 4) is 5.75 Å². The lowest BCUT2D eigenvalue weighted by Gasteiger charge is -2.59. The van der Waals surface area contributed by atoms with Gasteiger partial charge in [0.25, 0.3) is 5.91 Å². The van der Waals surface area contributed by atoms with E-state index in [2.05, 4.69) is 23.1 Å². The maximum Gasteiger partial charge on any atom is 0.258 e. The van der Waals surface area contributed by atoms with Crippen LogP contribution >= 0.6 is 0 Å². The van der Waals surface area contributed by atoms with Gasteiger partial charge in [-0.15, -0.1) is 0 Å². The number of rotatable bonds is 5. The highest BCUT2D eigenvalue weighted by Crippen LogP contribution is 2.48. The molecule has 0 aliphatic carbocycles. The van der Waals surface area contributed by atoms with Crippen molar-refractivity contribution in [2.45, 2.75) is 24.5 Å². The topological polar surface area (TPSA) is 53.0 Å². The second-order valence-electron chi connectivity index (χ2n) is 8.20. The van der Waals surface area contributed by atoms with Crippen LogP contribution in [0.2, 0.25) is 0 Å². The van der Waals surface area contributed by atoms with Crippen molar-refractivity contribution in [3.05, 3.63) is 95.6 Å². The Bertz CT molecular complexity index is 1070. The zero-order valence-electron chi connectivity index (χ0n) is 17.5. The van der Waals surface area contributed by atoms with Crippen molar-refractivity contribution < 1.29 is 14.6 Å². The number of benzene rings is 3. The molecular formula is C26H26N2O3. The van der Waals surface area contributed by atoms with Crippen LogP contribution in [-0.2, 0) is 6.54 Å². The van der Waals surface area contributed by atoms with Gasteiger partial charge in [0.2, 0.25) is 0 Å². The molecule has 1 saturated heterocycles. The summed E-state index contributed by atoms with van der Waals surface area (Å²) in [6.45, 7) is 1.44. The summed E-state index contributed by atoms with van der Waals surface area (Å²) in [5, 5.41) is 10.2. The average molecular weight is 415 g/mol. The highest BCUT2D eigenvalue weighted by atomic mass is 16.5. The van der Waals surface area contributed by atoms with Crippen LogP contribution in [-0.4, -0.2) is 48.3 Å². The summed E-state index contributed by atoms with van der Waals surface area (Å²) in [4.78, 5) is 17.6. The van der Waals surface area contributed by atoms with E-state index < -0.39 is 0 Å². The van der Waals surface area contributed by atoms with Crippen LogP contribution in [0, 0.1) is 0 Å². The second-order valence-corrected chi connectivity index (χ2v) is 8.20. The molecule has 2 aliphatic heterocycles. The molecule has 0 radical (unpaired) electrons. The normalized spacial score (nSPS) is 22.3. The molecule has 0 bridgehead atoms. The molecule has 2 aliphatic rings. The third-order valence-corrected chi connectivity index (χ3v) is 6.61. The molecule has 31 heavy (non-hydrogen) atoms. The Kier molecular flexibility index (Phi) is 5.22. The first-order valence-electron chi connectivity index (χ1n) is 10.7. The van der Waals surface area contributed by atoms with Crippen LogP contribution in [0.15, 0.2) is 78.9 Å². The van der Waals surface area contributed by atoms with Gasteiger partial charge in [-0.1, -0.05) is 48.5 Å². The number of likely N-dealkylation sites (tertiary alicyclic amines) is 1. The number of carbonyl (C=O) groups excluding carboxylic acids is 1. The highest BCUT2D eigenvalue weighted by molar-refractivity contribution is 6.07. The maximum absolute atomic E-state index is 13.4. The van der Waals surface area contributed by atoms with Crippen LogP contribution < -0.4 is 9.64 Å². The molecule has 1 amide bonds. The average Bonchev–Trinajstić information content (AvgIpc) is 2.83. The zero-order valence-corrected chi connectivity index (χ0v) is 17.5. The van der Waals surface area contributed by atoms with Crippen LogP contribution in [0.5, 0.6) is 5.75 Å². The van der Waals surface area contributed by atoms with Gasteiger partial charge in [0.1, 0.15) is 5.75 Å². The van der Waals surface area contributed by atoms with Gasteiger partial charge in [-0.05, 0) is 41.5 Å². The molecule has 0 aromatic heterocycles. The van der Waals surface area contributed by atoms with Gasteiger partial charge < -0.3 is 14.7 Å². The molecule has 1 fully saturated rings. The standard InChI is InChI=1S/C26H26N2O3/c1-31-20-13-11-18(12-14-20)15-27-23-16-28(26(30)19-7-3-2-4-8-19)22-10-6-5-9-21(22)25(23)24(27)17-29/h2-14,23-25,29H,15-17H2,1H3/t23-,24+,25+/m1/s1. The quantitative estimate of drug-likeness (QED) is 0.692. The SMILES string of the molecule is COc1ccc(CN2[C@@H]3CN(C(=O)c4ccccc4)c4ccccc4[C@@H]3[C@@H]2CO)cc1. The lowest BCUT2D eigenvalue weighted by atomic mass is 9.71. The first-order valence-corrected chi connectivity index (χ1v) is 10.7. The fraction of sp³-hybridized carbons (Fsp3) is 0.269. The van der Waals surface area contributed by atoms with Crippen molar-refractivity contribution in [1.82, 2.24) is 4.90 Å². The van der Waals surface area contributed by atoms with Crippen LogP contribution in [0.4, 0.5) is 5.69 Å². The number of anilines is 1. The molecule has 5 rings (SSSR count). The van der Waals surface area contributed by atoms with Crippen molar-refractivity contribution in [3.63, 3.8) is 0 Å².